The molecule has 1 saturated heterocycles. The highest BCUT2D eigenvalue weighted by atomic mass is 32.1. The summed E-state index contributed by atoms with van der Waals surface area (Å²) in [7, 11) is 0. The van der Waals surface area contributed by atoms with Gasteiger partial charge in [-0.1, -0.05) is 13.8 Å². The van der Waals surface area contributed by atoms with E-state index in [2.05, 4.69) is 48.1 Å². The lowest BCUT2D eigenvalue weighted by atomic mass is 9.88. The minimum Gasteiger partial charge on any atom is -0.383 e. The largest absolute Gasteiger partial charge is 0.383 e. The molecule has 162 valence electrons. The highest BCUT2D eigenvalue weighted by molar-refractivity contribution is 7.83. The summed E-state index contributed by atoms with van der Waals surface area (Å²) in [5.74, 6) is -0.225. The van der Waals surface area contributed by atoms with Gasteiger partial charge in [-0.2, -0.15) is 17.9 Å². The number of nitriles is 1. The number of allylic oxidation sites excluding steroid dienone is 1. The molecule has 1 aromatic carbocycles. The zero-order valence-corrected chi connectivity index (χ0v) is 19.1. The Kier molecular flexibility index (Phi) is 8.33. The van der Waals surface area contributed by atoms with Gasteiger partial charge in [0.1, 0.15) is 0 Å². The van der Waals surface area contributed by atoms with Gasteiger partial charge in [0.25, 0.3) is 11.8 Å². The Hall–Kier alpha value is -2.50. The molecule has 1 atom stereocenters. The van der Waals surface area contributed by atoms with Gasteiger partial charge in [-0.05, 0) is 51.2 Å². The van der Waals surface area contributed by atoms with E-state index < -0.39 is 4.75 Å². The van der Waals surface area contributed by atoms with Gasteiger partial charge in [0, 0.05) is 43.0 Å². The van der Waals surface area contributed by atoms with E-state index in [0.717, 1.165) is 25.3 Å². The van der Waals surface area contributed by atoms with Gasteiger partial charge in [-0.3, -0.25) is 9.59 Å². The molecule has 1 fully saturated rings. The second-order valence-electron chi connectivity index (χ2n) is 7.21. The predicted octanol–water partition coefficient (Wildman–Crippen LogP) is 2.50. The number of hydrogen-bond acceptors (Lipinski definition) is 6. The van der Waals surface area contributed by atoms with Crippen LogP contribution < -0.4 is 10.6 Å². The van der Waals surface area contributed by atoms with E-state index in [-0.39, 0.29) is 18.4 Å². The van der Waals surface area contributed by atoms with Crippen LogP contribution in [0.5, 0.6) is 0 Å². The first-order valence-electron chi connectivity index (χ1n) is 10.3. The smallest absolute Gasteiger partial charge is 0.251 e. The molecule has 0 bridgehead atoms. The van der Waals surface area contributed by atoms with E-state index in [4.69, 9.17) is 0 Å². The van der Waals surface area contributed by atoms with Crippen LogP contribution in [0.2, 0.25) is 0 Å². The van der Waals surface area contributed by atoms with Crippen molar-refractivity contribution in [2.75, 3.05) is 44.6 Å². The van der Waals surface area contributed by atoms with E-state index in [1.54, 1.807) is 36.1 Å². The highest BCUT2D eigenvalue weighted by Gasteiger charge is 2.54. The summed E-state index contributed by atoms with van der Waals surface area (Å²) in [6.07, 6.45) is 0. The summed E-state index contributed by atoms with van der Waals surface area (Å²) in [4.78, 5) is 28.6. The molecule has 2 rings (SSSR count). The molecule has 2 amide bonds. The third-order valence-corrected chi connectivity index (χ3v) is 5.96. The zero-order valence-electron chi connectivity index (χ0n) is 18.2. The van der Waals surface area contributed by atoms with Crippen molar-refractivity contribution in [2.45, 2.75) is 32.4 Å². The maximum Gasteiger partial charge on any atom is 0.251 e. The van der Waals surface area contributed by atoms with Crippen LogP contribution in [-0.2, 0) is 4.79 Å². The number of rotatable bonds is 10. The number of amides is 2. The number of hydrogen-bond donors (Lipinski definition) is 3. The molecule has 0 saturated carbocycles. The number of nitrogens with zero attached hydrogens (tertiary/aromatic N) is 3. The lowest BCUT2D eigenvalue weighted by Crippen LogP contribution is -2.64. The summed E-state index contributed by atoms with van der Waals surface area (Å²) in [5, 5.41) is 15.4. The number of β-lactam (4-membered cyclic amide) rings is 1. The Balaban J connectivity index is 1.96. The molecule has 0 aliphatic carbocycles. The fourth-order valence-electron chi connectivity index (χ4n) is 3.56. The first kappa shape index (κ1) is 23.8. The first-order chi connectivity index (χ1) is 14.3. The van der Waals surface area contributed by atoms with Crippen molar-refractivity contribution in [3.8, 4) is 6.07 Å². The molecule has 0 radical (unpaired) electrons. The monoisotopic (exact) mass is 429 g/mol. The Morgan fingerprint density at radius 2 is 1.87 bits per heavy atom. The van der Waals surface area contributed by atoms with Crippen molar-refractivity contribution in [2.24, 2.45) is 0 Å². The number of nitrogens with one attached hydrogen (secondary N) is 2. The zero-order chi connectivity index (χ0) is 22.3. The number of likely N-dealkylation sites (tertiary alicyclic amines) is 1. The molecular formula is C22H31N5O2S. The van der Waals surface area contributed by atoms with Gasteiger partial charge in [0.2, 0.25) is 0 Å². The molecule has 8 heteroatoms. The Morgan fingerprint density at radius 1 is 1.23 bits per heavy atom. The maximum absolute atomic E-state index is 12.5. The lowest BCUT2D eigenvalue weighted by Gasteiger charge is -2.48. The van der Waals surface area contributed by atoms with Crippen molar-refractivity contribution in [3.05, 3.63) is 41.1 Å². The van der Waals surface area contributed by atoms with Gasteiger partial charge in [0.15, 0.2) is 4.75 Å². The van der Waals surface area contributed by atoms with Crippen molar-refractivity contribution in [1.29, 1.82) is 5.26 Å². The molecule has 2 N–H and O–H groups in total. The molecule has 0 aromatic heterocycles. The average Bonchev–Trinajstić information content (AvgIpc) is 2.77. The third-order valence-electron chi connectivity index (χ3n) is 5.40. The van der Waals surface area contributed by atoms with Crippen LogP contribution in [0.4, 0.5) is 5.69 Å². The molecule has 1 unspecified atom stereocenters. The van der Waals surface area contributed by atoms with E-state index in [0.29, 0.717) is 29.9 Å². The van der Waals surface area contributed by atoms with Gasteiger partial charge in [-0.25, -0.2) is 0 Å². The molecule has 1 aliphatic rings. The van der Waals surface area contributed by atoms with E-state index in [1.807, 2.05) is 6.92 Å². The quantitative estimate of drug-likeness (QED) is 0.302. The normalized spacial score (nSPS) is 19.9. The molecule has 30 heavy (non-hydrogen) atoms. The van der Waals surface area contributed by atoms with Gasteiger partial charge >= 0.3 is 0 Å². The molecule has 1 aromatic rings. The van der Waals surface area contributed by atoms with Crippen LogP contribution in [0.1, 0.15) is 38.1 Å². The van der Waals surface area contributed by atoms with Crippen LogP contribution in [0, 0.1) is 11.3 Å². The molecule has 1 aliphatic heterocycles. The van der Waals surface area contributed by atoms with Crippen LogP contribution in [0.3, 0.4) is 0 Å². The van der Waals surface area contributed by atoms with E-state index >= 15 is 0 Å². The maximum atomic E-state index is 12.5. The summed E-state index contributed by atoms with van der Waals surface area (Å²) in [5.41, 5.74) is 2.50. The number of carbonyl (C=O) groups excluding carboxylic acids is 2. The number of thiol groups is 1. The Bertz CT molecular complexity index is 842. The van der Waals surface area contributed by atoms with Crippen LogP contribution in [0.25, 0.3) is 0 Å². The van der Waals surface area contributed by atoms with Crippen LogP contribution in [0.15, 0.2) is 35.5 Å². The number of benzene rings is 1. The molecule has 7 nitrogen and oxygen atoms in total. The minimum absolute atomic E-state index is 0.109. The van der Waals surface area contributed by atoms with Gasteiger partial charge in [0.05, 0.1) is 11.8 Å². The number of carbonyl (C=O) groups is 2. The number of anilines is 1. The van der Waals surface area contributed by atoms with E-state index in [9.17, 15) is 14.9 Å². The number of likely N-dealkylation sites (N-methyl/N-ethyl adjacent to an activating group) is 1. The second-order valence-corrected chi connectivity index (χ2v) is 7.97. The predicted molar refractivity (Wildman–Crippen MR) is 122 cm³/mol. The lowest BCUT2D eigenvalue weighted by molar-refractivity contribution is -0.138. The van der Waals surface area contributed by atoms with Crippen molar-refractivity contribution in [1.82, 2.24) is 15.1 Å². The minimum atomic E-state index is -1.03. The Labute approximate surface area is 184 Å². The first-order valence-corrected chi connectivity index (χ1v) is 10.8. The fourth-order valence-corrected chi connectivity index (χ4v) is 4.05. The molecular weight excluding hydrogens is 398 g/mol. The van der Waals surface area contributed by atoms with Crippen LogP contribution >= 0.6 is 12.6 Å². The SMILES string of the molecule is CCN(CC)CCNC(=O)c1ccc(NCC2(S)C(=O)N(CC)/C2=C(/C)C#N)cc1. The van der Waals surface area contributed by atoms with Crippen molar-refractivity contribution >= 4 is 30.1 Å². The van der Waals surface area contributed by atoms with Crippen LogP contribution in [-0.4, -0.2) is 65.6 Å². The fraction of sp³-hybridized carbons (Fsp3) is 0.500. The highest BCUT2D eigenvalue weighted by Crippen LogP contribution is 2.42. The summed E-state index contributed by atoms with van der Waals surface area (Å²) >= 11 is 4.59. The average molecular weight is 430 g/mol. The van der Waals surface area contributed by atoms with E-state index in [1.165, 1.54) is 0 Å². The second kappa shape index (κ2) is 10.5. The Morgan fingerprint density at radius 3 is 2.40 bits per heavy atom. The van der Waals surface area contributed by atoms with Gasteiger partial charge < -0.3 is 20.4 Å². The summed E-state index contributed by atoms with van der Waals surface area (Å²) in [6.45, 7) is 11.9. The third kappa shape index (κ3) is 4.97. The molecule has 0 spiro atoms. The van der Waals surface area contributed by atoms with Crippen molar-refractivity contribution in [3.63, 3.8) is 0 Å². The summed E-state index contributed by atoms with van der Waals surface area (Å²) < 4.78 is -1.03. The summed E-state index contributed by atoms with van der Waals surface area (Å²) in [6, 6.07) is 9.22. The molecule has 1 heterocycles. The topological polar surface area (TPSA) is 88.5 Å². The van der Waals surface area contributed by atoms with Crippen molar-refractivity contribution < 1.29 is 9.59 Å². The van der Waals surface area contributed by atoms with Gasteiger partial charge in [-0.15, -0.1) is 0 Å². The standard InChI is InChI=1S/C22H31N5O2S/c1-5-26(6-2)13-12-24-20(28)17-8-10-18(11-9-17)25-15-22(30)19(16(4)14-23)27(7-3)21(22)29/h8-11,25,30H,5-7,12-13,15H2,1-4H3,(H,24,28)/b19-16-.